The zero-order chi connectivity index (χ0) is 20.5. The standard InChI is InChI=1S/C12H13F4NO3S.2C2H6/c1-3-8-6-4-5-7-9(8)11(13,14)12(15,16)10(18)17-21(2,19)20;2*1-2/h4-7H,3H2,1-2H3,(H,17,18);2*1-2H3. The molecule has 9 heteroatoms. The highest BCUT2D eigenvalue weighted by molar-refractivity contribution is 7.89. The van der Waals surface area contributed by atoms with Crippen LogP contribution in [0.2, 0.25) is 0 Å². The summed E-state index contributed by atoms with van der Waals surface area (Å²) in [4.78, 5) is 11.2. The number of carbonyl (C=O) groups is 1. The molecule has 0 unspecified atom stereocenters. The van der Waals surface area contributed by atoms with Crippen LogP contribution in [0, 0.1) is 0 Å². The Bertz CT molecular complexity index is 647. The molecule has 146 valence electrons. The summed E-state index contributed by atoms with van der Waals surface area (Å²) >= 11 is 0. The van der Waals surface area contributed by atoms with Crippen LogP contribution >= 0.6 is 0 Å². The first-order chi connectivity index (χ1) is 11.4. The summed E-state index contributed by atoms with van der Waals surface area (Å²) in [5, 5.41) is 0. The third-order valence-corrected chi connectivity index (χ3v) is 3.25. The van der Waals surface area contributed by atoms with Gasteiger partial charge in [0.1, 0.15) is 0 Å². The normalized spacial score (nSPS) is 11.4. The molecule has 0 spiro atoms. The third-order valence-electron chi connectivity index (χ3n) is 2.69. The lowest BCUT2D eigenvalue weighted by molar-refractivity contribution is -0.214. The topological polar surface area (TPSA) is 63.2 Å². The van der Waals surface area contributed by atoms with Gasteiger partial charge in [0, 0.05) is 5.56 Å². The van der Waals surface area contributed by atoms with Gasteiger partial charge in [0.2, 0.25) is 10.0 Å². The summed E-state index contributed by atoms with van der Waals surface area (Å²) < 4.78 is 77.8. The highest BCUT2D eigenvalue weighted by Crippen LogP contribution is 2.44. The largest absolute Gasteiger partial charge is 0.391 e. The molecule has 0 atom stereocenters. The summed E-state index contributed by atoms with van der Waals surface area (Å²) in [6.07, 6.45) is 0.467. The van der Waals surface area contributed by atoms with E-state index in [0.717, 1.165) is 16.9 Å². The van der Waals surface area contributed by atoms with Crippen molar-refractivity contribution in [3.63, 3.8) is 0 Å². The molecule has 0 radical (unpaired) electrons. The number of hydrogen-bond acceptors (Lipinski definition) is 3. The Morgan fingerprint density at radius 3 is 1.88 bits per heavy atom. The van der Waals surface area contributed by atoms with Gasteiger partial charge in [0.15, 0.2) is 0 Å². The van der Waals surface area contributed by atoms with Crippen LogP contribution in [0.15, 0.2) is 24.3 Å². The van der Waals surface area contributed by atoms with E-state index in [2.05, 4.69) is 0 Å². The summed E-state index contributed by atoms with van der Waals surface area (Å²) in [6, 6.07) is 4.54. The molecular formula is C16H25F4NO3S. The lowest BCUT2D eigenvalue weighted by atomic mass is 9.95. The minimum atomic E-state index is -5.21. The van der Waals surface area contributed by atoms with Crippen LogP contribution in [0.1, 0.15) is 45.7 Å². The van der Waals surface area contributed by atoms with E-state index in [1.807, 2.05) is 27.7 Å². The summed E-state index contributed by atoms with van der Waals surface area (Å²) in [5.41, 5.74) is -1.07. The lowest BCUT2D eigenvalue weighted by Crippen LogP contribution is -2.52. The van der Waals surface area contributed by atoms with E-state index < -0.39 is 33.3 Å². The molecule has 0 aliphatic rings. The van der Waals surface area contributed by atoms with Crippen molar-refractivity contribution in [2.24, 2.45) is 0 Å². The van der Waals surface area contributed by atoms with Gasteiger partial charge in [-0.3, -0.25) is 4.79 Å². The fourth-order valence-corrected chi connectivity index (χ4v) is 2.14. The first kappa shape index (κ1) is 25.6. The first-order valence-corrected chi connectivity index (χ1v) is 9.69. The number of nitrogens with one attached hydrogen (secondary N) is 1. The Morgan fingerprint density at radius 2 is 1.48 bits per heavy atom. The zero-order valence-electron chi connectivity index (χ0n) is 15.2. The van der Waals surface area contributed by atoms with Crippen LogP contribution in [-0.2, 0) is 27.2 Å². The van der Waals surface area contributed by atoms with Crippen LogP contribution in [0.3, 0.4) is 0 Å². The van der Waals surface area contributed by atoms with E-state index in [9.17, 15) is 30.8 Å². The van der Waals surface area contributed by atoms with Gasteiger partial charge in [-0.1, -0.05) is 58.9 Å². The molecule has 1 aromatic carbocycles. The number of rotatable bonds is 5. The highest BCUT2D eigenvalue weighted by Gasteiger charge is 2.63. The quantitative estimate of drug-likeness (QED) is 0.774. The molecular weight excluding hydrogens is 362 g/mol. The van der Waals surface area contributed by atoms with E-state index in [-0.39, 0.29) is 12.0 Å². The number of carbonyl (C=O) groups excluding carboxylic acids is 1. The van der Waals surface area contributed by atoms with Crippen molar-refractivity contribution in [2.75, 3.05) is 6.26 Å². The van der Waals surface area contributed by atoms with Crippen molar-refractivity contribution < 1.29 is 30.8 Å². The van der Waals surface area contributed by atoms with Gasteiger partial charge < -0.3 is 0 Å². The molecule has 0 aromatic heterocycles. The smallest absolute Gasteiger partial charge is 0.267 e. The van der Waals surface area contributed by atoms with Crippen LogP contribution in [0.25, 0.3) is 0 Å². The first-order valence-electron chi connectivity index (χ1n) is 7.79. The van der Waals surface area contributed by atoms with Gasteiger partial charge in [-0.2, -0.15) is 17.6 Å². The van der Waals surface area contributed by atoms with Crippen LogP contribution in [0.4, 0.5) is 17.6 Å². The average molecular weight is 387 g/mol. The molecule has 1 rings (SSSR count). The monoisotopic (exact) mass is 387 g/mol. The summed E-state index contributed by atoms with van der Waals surface area (Å²) in [7, 11) is -4.38. The van der Waals surface area contributed by atoms with Crippen LogP contribution in [-0.4, -0.2) is 26.5 Å². The Labute approximate surface area is 146 Å². The Balaban J connectivity index is 0. The van der Waals surface area contributed by atoms with Crippen LogP contribution in [0.5, 0.6) is 0 Å². The summed E-state index contributed by atoms with van der Waals surface area (Å²) in [5.74, 6) is -12.6. The fraction of sp³-hybridized carbons (Fsp3) is 0.562. The van der Waals surface area contributed by atoms with E-state index in [1.165, 1.54) is 19.1 Å². The second kappa shape index (κ2) is 10.4. The van der Waals surface area contributed by atoms with Gasteiger partial charge in [-0.25, -0.2) is 13.1 Å². The maximum atomic E-state index is 14.0. The summed E-state index contributed by atoms with van der Waals surface area (Å²) in [6.45, 7) is 9.49. The predicted molar refractivity (Wildman–Crippen MR) is 90.3 cm³/mol. The maximum Gasteiger partial charge on any atom is 0.391 e. The maximum absolute atomic E-state index is 14.0. The molecule has 1 aromatic rings. The number of hydrogen-bond donors (Lipinski definition) is 1. The second-order valence-electron chi connectivity index (χ2n) is 4.36. The molecule has 25 heavy (non-hydrogen) atoms. The minimum absolute atomic E-state index is 0.0511. The third kappa shape index (κ3) is 6.64. The van der Waals surface area contributed by atoms with E-state index in [0.29, 0.717) is 6.26 Å². The molecule has 1 amide bonds. The molecule has 4 nitrogen and oxygen atoms in total. The molecule has 0 aliphatic carbocycles. The van der Waals surface area contributed by atoms with Crippen molar-refractivity contribution in [2.45, 2.75) is 52.9 Å². The molecule has 0 aliphatic heterocycles. The van der Waals surface area contributed by atoms with Crippen molar-refractivity contribution >= 4 is 15.9 Å². The molecule has 0 heterocycles. The molecule has 0 saturated carbocycles. The Morgan fingerprint density at radius 1 is 1.04 bits per heavy atom. The molecule has 0 bridgehead atoms. The molecule has 0 saturated heterocycles. The lowest BCUT2D eigenvalue weighted by Gasteiger charge is -2.27. The average Bonchev–Trinajstić information content (AvgIpc) is 2.56. The fourth-order valence-electron chi connectivity index (χ4n) is 1.68. The molecule has 1 N–H and O–H groups in total. The van der Waals surface area contributed by atoms with Crippen molar-refractivity contribution in [1.82, 2.24) is 4.72 Å². The van der Waals surface area contributed by atoms with Gasteiger partial charge in [-0.05, 0) is 12.0 Å². The Kier molecular flexibility index (Phi) is 10.6. The SMILES string of the molecule is CC.CC.CCc1ccccc1C(F)(F)C(F)(F)C(=O)NS(C)(=O)=O. The van der Waals surface area contributed by atoms with Gasteiger partial charge in [0.25, 0.3) is 0 Å². The molecule has 0 fully saturated rings. The predicted octanol–water partition coefficient (Wildman–Crippen LogP) is 4.10. The van der Waals surface area contributed by atoms with Crippen molar-refractivity contribution in [3.05, 3.63) is 35.4 Å². The Hall–Kier alpha value is -1.64. The van der Waals surface area contributed by atoms with Gasteiger partial charge in [-0.15, -0.1) is 0 Å². The number of alkyl halides is 4. The van der Waals surface area contributed by atoms with Crippen molar-refractivity contribution in [1.29, 1.82) is 0 Å². The van der Waals surface area contributed by atoms with Gasteiger partial charge >= 0.3 is 17.8 Å². The second-order valence-corrected chi connectivity index (χ2v) is 6.11. The van der Waals surface area contributed by atoms with E-state index >= 15 is 0 Å². The number of sulfonamides is 1. The minimum Gasteiger partial charge on any atom is -0.267 e. The van der Waals surface area contributed by atoms with E-state index in [1.54, 1.807) is 0 Å². The highest BCUT2D eigenvalue weighted by atomic mass is 32.2. The number of benzene rings is 1. The number of halogens is 4. The van der Waals surface area contributed by atoms with Gasteiger partial charge in [0.05, 0.1) is 6.26 Å². The van der Waals surface area contributed by atoms with E-state index in [4.69, 9.17) is 0 Å². The zero-order valence-corrected chi connectivity index (χ0v) is 16.0. The number of aryl methyl sites for hydroxylation is 1. The van der Waals surface area contributed by atoms with Crippen LogP contribution < -0.4 is 4.72 Å². The van der Waals surface area contributed by atoms with Crippen molar-refractivity contribution in [3.8, 4) is 0 Å². The number of amides is 1.